The summed E-state index contributed by atoms with van der Waals surface area (Å²) in [5.41, 5.74) is 2.48. The van der Waals surface area contributed by atoms with Gasteiger partial charge in [-0.3, -0.25) is 4.90 Å². The van der Waals surface area contributed by atoms with Crippen LogP contribution in [0.4, 0.5) is 4.79 Å². The molecule has 0 spiro atoms. The molecule has 1 unspecified atom stereocenters. The number of amides is 1. The van der Waals surface area contributed by atoms with Crippen molar-refractivity contribution in [1.82, 2.24) is 14.8 Å². The molecule has 1 saturated heterocycles. The fraction of sp³-hybridized carbons (Fsp3) is 0.579. The van der Waals surface area contributed by atoms with E-state index >= 15 is 0 Å². The van der Waals surface area contributed by atoms with Gasteiger partial charge in [0, 0.05) is 39.1 Å². The summed E-state index contributed by atoms with van der Waals surface area (Å²) < 4.78 is 11.0. The van der Waals surface area contributed by atoms with Gasteiger partial charge in [0.25, 0.3) is 0 Å². The van der Waals surface area contributed by atoms with E-state index in [0.29, 0.717) is 19.0 Å². The molecule has 2 heterocycles. The Hall–Kier alpha value is -2.08. The van der Waals surface area contributed by atoms with Gasteiger partial charge in [-0.05, 0) is 45.4 Å². The molecule has 136 valence electrons. The van der Waals surface area contributed by atoms with Crippen molar-refractivity contribution < 1.29 is 13.9 Å². The molecule has 2 aromatic rings. The van der Waals surface area contributed by atoms with E-state index in [1.54, 1.807) is 4.90 Å². The summed E-state index contributed by atoms with van der Waals surface area (Å²) in [4.78, 5) is 20.8. The second-order valence-electron chi connectivity index (χ2n) is 7.64. The molecule has 1 amide bonds. The topological polar surface area (TPSA) is 58.8 Å². The van der Waals surface area contributed by atoms with E-state index in [1.165, 1.54) is 5.56 Å². The van der Waals surface area contributed by atoms with Crippen LogP contribution in [0.25, 0.3) is 11.1 Å². The summed E-state index contributed by atoms with van der Waals surface area (Å²) in [6, 6.07) is 6.44. The first kappa shape index (κ1) is 17.7. The second kappa shape index (κ2) is 6.67. The number of benzene rings is 1. The Morgan fingerprint density at radius 2 is 1.92 bits per heavy atom. The van der Waals surface area contributed by atoms with Gasteiger partial charge in [-0.25, -0.2) is 9.78 Å². The number of hydrogen-bond donors (Lipinski definition) is 0. The molecule has 0 saturated carbocycles. The first-order chi connectivity index (χ1) is 11.7. The van der Waals surface area contributed by atoms with E-state index in [1.807, 2.05) is 33.8 Å². The highest BCUT2D eigenvalue weighted by atomic mass is 16.6. The van der Waals surface area contributed by atoms with Crippen LogP contribution in [0.1, 0.15) is 45.2 Å². The molecule has 3 rings (SSSR count). The molecule has 0 N–H and O–H groups in total. The number of nitrogens with zero attached hydrogens (tertiary/aromatic N) is 3. The third-order valence-corrected chi connectivity index (χ3v) is 4.51. The number of piperazine rings is 1. The van der Waals surface area contributed by atoms with Gasteiger partial charge in [-0.1, -0.05) is 6.07 Å². The van der Waals surface area contributed by atoms with Crippen LogP contribution in [0.5, 0.6) is 0 Å². The number of aromatic nitrogens is 1. The Bertz CT molecular complexity index is 755. The lowest BCUT2D eigenvalue weighted by atomic mass is 10.1. The van der Waals surface area contributed by atoms with Gasteiger partial charge in [0.1, 0.15) is 11.1 Å². The lowest BCUT2D eigenvalue weighted by molar-refractivity contribution is 0.0110. The molecule has 1 atom stereocenters. The van der Waals surface area contributed by atoms with E-state index in [4.69, 9.17) is 9.15 Å². The van der Waals surface area contributed by atoms with Crippen molar-refractivity contribution in [3.63, 3.8) is 0 Å². The van der Waals surface area contributed by atoms with Crippen molar-refractivity contribution in [3.05, 3.63) is 29.7 Å². The van der Waals surface area contributed by atoms with Crippen LogP contribution in [-0.4, -0.2) is 52.7 Å². The van der Waals surface area contributed by atoms with Crippen molar-refractivity contribution in [3.8, 4) is 0 Å². The summed E-state index contributed by atoms with van der Waals surface area (Å²) >= 11 is 0. The van der Waals surface area contributed by atoms with Crippen molar-refractivity contribution in [2.24, 2.45) is 0 Å². The minimum Gasteiger partial charge on any atom is -0.444 e. The van der Waals surface area contributed by atoms with Gasteiger partial charge in [0.2, 0.25) is 0 Å². The summed E-state index contributed by atoms with van der Waals surface area (Å²) in [7, 11) is 0. The van der Waals surface area contributed by atoms with E-state index < -0.39 is 5.60 Å². The van der Waals surface area contributed by atoms with Crippen LogP contribution in [0.15, 0.2) is 22.6 Å². The molecule has 0 bridgehead atoms. The number of rotatable bonds is 2. The Kier molecular flexibility index (Phi) is 4.73. The minimum atomic E-state index is -0.452. The molecule has 1 aromatic carbocycles. The average Bonchev–Trinajstić information content (AvgIpc) is 2.91. The Balaban J connectivity index is 1.62. The molecule has 1 fully saturated rings. The summed E-state index contributed by atoms with van der Waals surface area (Å²) in [5.74, 6) is 0.686. The van der Waals surface area contributed by atoms with Crippen molar-refractivity contribution >= 4 is 17.2 Å². The van der Waals surface area contributed by atoms with E-state index in [-0.39, 0.29) is 12.1 Å². The monoisotopic (exact) mass is 345 g/mol. The molecular weight excluding hydrogens is 318 g/mol. The van der Waals surface area contributed by atoms with Gasteiger partial charge >= 0.3 is 6.09 Å². The molecule has 0 radical (unpaired) electrons. The fourth-order valence-corrected chi connectivity index (χ4v) is 3.15. The highest BCUT2D eigenvalue weighted by Gasteiger charge is 2.28. The Morgan fingerprint density at radius 3 is 2.56 bits per heavy atom. The fourth-order valence-electron chi connectivity index (χ4n) is 3.15. The smallest absolute Gasteiger partial charge is 0.410 e. The molecule has 6 nitrogen and oxygen atoms in total. The van der Waals surface area contributed by atoms with Gasteiger partial charge in [0.05, 0.1) is 0 Å². The van der Waals surface area contributed by atoms with Crippen molar-refractivity contribution in [1.29, 1.82) is 0 Å². The van der Waals surface area contributed by atoms with Crippen LogP contribution >= 0.6 is 0 Å². The number of hydrogen-bond acceptors (Lipinski definition) is 5. The van der Waals surface area contributed by atoms with Crippen LogP contribution in [-0.2, 0) is 4.74 Å². The van der Waals surface area contributed by atoms with Crippen molar-refractivity contribution in [2.45, 2.75) is 46.3 Å². The lowest BCUT2D eigenvalue weighted by Gasteiger charge is -2.38. The largest absolute Gasteiger partial charge is 0.444 e. The predicted molar refractivity (Wildman–Crippen MR) is 96.5 cm³/mol. The standard InChI is InChI=1S/C19H27N3O3/c1-13(15-6-7-17-16(12-15)20-14(2)24-17)21-8-10-22(11-9-21)18(23)25-19(3,4)5/h6-7,12-13H,8-11H2,1-5H3. The third-order valence-electron chi connectivity index (χ3n) is 4.51. The zero-order chi connectivity index (χ0) is 18.2. The van der Waals surface area contributed by atoms with E-state index in [2.05, 4.69) is 28.9 Å². The number of carbonyl (C=O) groups is 1. The zero-order valence-electron chi connectivity index (χ0n) is 15.7. The molecule has 1 aliphatic rings. The molecule has 25 heavy (non-hydrogen) atoms. The number of oxazole rings is 1. The normalized spacial score (nSPS) is 17.7. The van der Waals surface area contributed by atoms with Crippen LogP contribution in [0.3, 0.4) is 0 Å². The van der Waals surface area contributed by atoms with Gasteiger partial charge in [-0.15, -0.1) is 0 Å². The van der Waals surface area contributed by atoms with Crippen molar-refractivity contribution in [2.75, 3.05) is 26.2 Å². The zero-order valence-corrected chi connectivity index (χ0v) is 15.7. The SMILES string of the molecule is Cc1nc2cc(C(C)N3CCN(C(=O)OC(C)(C)C)CC3)ccc2o1. The highest BCUT2D eigenvalue weighted by molar-refractivity contribution is 5.73. The quantitative estimate of drug-likeness (QED) is 0.829. The maximum atomic E-state index is 12.2. The average molecular weight is 345 g/mol. The summed E-state index contributed by atoms with van der Waals surface area (Å²) in [5, 5.41) is 0. The first-order valence-corrected chi connectivity index (χ1v) is 8.82. The minimum absolute atomic E-state index is 0.223. The summed E-state index contributed by atoms with van der Waals surface area (Å²) in [6.07, 6.45) is -0.223. The van der Waals surface area contributed by atoms with E-state index in [9.17, 15) is 4.79 Å². The van der Waals surface area contributed by atoms with E-state index in [0.717, 1.165) is 24.2 Å². The van der Waals surface area contributed by atoms with Crippen LogP contribution in [0.2, 0.25) is 0 Å². The Labute approximate surface area is 148 Å². The van der Waals surface area contributed by atoms with Gasteiger partial charge in [0.15, 0.2) is 11.5 Å². The first-order valence-electron chi connectivity index (χ1n) is 8.82. The molecule has 6 heteroatoms. The Morgan fingerprint density at radius 1 is 1.24 bits per heavy atom. The van der Waals surface area contributed by atoms with Crippen LogP contribution in [0, 0.1) is 6.92 Å². The van der Waals surface area contributed by atoms with Gasteiger partial charge < -0.3 is 14.1 Å². The predicted octanol–water partition coefficient (Wildman–Crippen LogP) is 3.75. The molecular formula is C19H27N3O3. The summed E-state index contributed by atoms with van der Waals surface area (Å²) in [6.45, 7) is 12.8. The van der Waals surface area contributed by atoms with Gasteiger partial charge in [-0.2, -0.15) is 0 Å². The second-order valence-corrected chi connectivity index (χ2v) is 7.64. The number of carbonyl (C=O) groups excluding carboxylic acids is 1. The maximum Gasteiger partial charge on any atom is 0.410 e. The van der Waals surface area contributed by atoms with Crippen LogP contribution < -0.4 is 0 Å². The lowest BCUT2D eigenvalue weighted by Crippen LogP contribution is -2.50. The maximum absolute atomic E-state index is 12.2. The number of fused-ring (bicyclic) bond motifs is 1. The number of ether oxygens (including phenoxy) is 1. The number of aryl methyl sites for hydroxylation is 1. The molecule has 1 aliphatic heterocycles. The molecule has 0 aliphatic carbocycles. The molecule has 1 aromatic heterocycles. The highest BCUT2D eigenvalue weighted by Crippen LogP contribution is 2.26. The third kappa shape index (κ3) is 4.12.